The van der Waals surface area contributed by atoms with E-state index in [0.717, 1.165) is 12.8 Å². The van der Waals surface area contributed by atoms with Crippen LogP contribution in [0.25, 0.3) is 0 Å². The number of hydrogen-bond acceptors (Lipinski definition) is 7. The number of nitrogens with zero attached hydrogens (tertiary/aromatic N) is 1. The third kappa shape index (κ3) is 6.54. The van der Waals surface area contributed by atoms with Gasteiger partial charge in [-0.1, -0.05) is 29.8 Å². The van der Waals surface area contributed by atoms with Gasteiger partial charge in [0.1, 0.15) is 10.6 Å². The van der Waals surface area contributed by atoms with Crippen molar-refractivity contribution in [3.8, 4) is 17.2 Å². The Morgan fingerprint density at radius 1 is 1.03 bits per heavy atom. The number of rotatable bonds is 10. The second-order valence-corrected chi connectivity index (χ2v) is 10.5. The molecule has 0 bridgehead atoms. The fraction of sp³-hybridized carbons (Fsp3) is 0.296. The Balaban J connectivity index is 1.61. The number of amides is 1. The minimum Gasteiger partial charge on any atom is -0.497 e. The second-order valence-electron chi connectivity index (χ2n) is 8.50. The Labute approximate surface area is 221 Å². The number of halogens is 1. The van der Waals surface area contributed by atoms with Crippen LogP contribution in [0.5, 0.6) is 17.2 Å². The van der Waals surface area contributed by atoms with E-state index in [1.807, 2.05) is 0 Å². The highest BCUT2D eigenvalue weighted by Gasteiger charge is 2.26. The summed E-state index contributed by atoms with van der Waals surface area (Å²) in [7, 11) is -1.24. The van der Waals surface area contributed by atoms with E-state index in [-0.39, 0.29) is 35.0 Å². The number of hydrogen-bond donors (Lipinski definition) is 0. The highest BCUT2D eigenvalue weighted by atomic mass is 35.5. The van der Waals surface area contributed by atoms with Crippen molar-refractivity contribution in [3.05, 3.63) is 82.9 Å². The Morgan fingerprint density at radius 2 is 1.78 bits per heavy atom. The van der Waals surface area contributed by atoms with Gasteiger partial charge in [0, 0.05) is 19.7 Å². The van der Waals surface area contributed by atoms with Gasteiger partial charge in [0.25, 0.3) is 5.91 Å². The molecule has 196 valence electrons. The Bertz CT molecular complexity index is 1340. The summed E-state index contributed by atoms with van der Waals surface area (Å²) in [6, 6.07) is 17.7. The summed E-state index contributed by atoms with van der Waals surface area (Å²) in [5.74, 6) is 0.528. The molecular formula is C27H28ClNO7S. The minimum atomic E-state index is -4.15. The average Bonchev–Trinajstić information content (AvgIpc) is 3.41. The van der Waals surface area contributed by atoms with Crippen molar-refractivity contribution in [2.45, 2.75) is 30.4 Å². The zero-order chi connectivity index (χ0) is 26.4. The molecule has 37 heavy (non-hydrogen) atoms. The largest absolute Gasteiger partial charge is 0.497 e. The maximum atomic E-state index is 13.5. The molecule has 0 aromatic heterocycles. The zero-order valence-electron chi connectivity index (χ0n) is 20.6. The molecule has 1 saturated heterocycles. The molecule has 0 unspecified atom stereocenters. The number of ether oxygens (including phenoxy) is 3. The first-order valence-electron chi connectivity index (χ1n) is 11.7. The van der Waals surface area contributed by atoms with Crippen molar-refractivity contribution in [3.63, 3.8) is 0 Å². The smallest absolute Gasteiger partial charge is 0.339 e. The van der Waals surface area contributed by atoms with Crippen molar-refractivity contribution in [2.24, 2.45) is 0 Å². The molecule has 0 N–H and O–H groups in total. The molecule has 0 spiro atoms. The molecule has 0 radical (unpaired) electrons. The van der Waals surface area contributed by atoms with E-state index in [2.05, 4.69) is 0 Å². The molecule has 10 heteroatoms. The second kappa shape index (κ2) is 11.9. The third-order valence-corrected chi connectivity index (χ3v) is 7.57. The number of carbonyl (C=O) groups is 1. The lowest BCUT2D eigenvalue weighted by Gasteiger charge is -2.26. The van der Waals surface area contributed by atoms with Crippen LogP contribution >= 0.6 is 11.6 Å². The van der Waals surface area contributed by atoms with Gasteiger partial charge in [0.2, 0.25) is 0 Å². The van der Waals surface area contributed by atoms with Crippen LogP contribution in [0, 0.1) is 0 Å². The SMILES string of the molecule is COc1ccc(S(=O)(=O)Oc2cc(CN(C[C@H]3CCCO3)C(=O)c3ccccc3Cl)ccc2OC)cc1. The van der Waals surface area contributed by atoms with E-state index in [1.165, 1.54) is 38.5 Å². The molecule has 1 amide bonds. The van der Waals surface area contributed by atoms with Crippen molar-refractivity contribution >= 4 is 27.6 Å². The van der Waals surface area contributed by atoms with Gasteiger partial charge in [0.15, 0.2) is 11.5 Å². The van der Waals surface area contributed by atoms with Crippen LogP contribution in [-0.4, -0.2) is 52.7 Å². The van der Waals surface area contributed by atoms with Gasteiger partial charge in [-0.15, -0.1) is 0 Å². The predicted octanol–water partition coefficient (Wildman–Crippen LogP) is 4.95. The summed E-state index contributed by atoms with van der Waals surface area (Å²) in [6.45, 7) is 1.21. The molecule has 8 nitrogen and oxygen atoms in total. The lowest BCUT2D eigenvalue weighted by atomic mass is 10.1. The summed E-state index contributed by atoms with van der Waals surface area (Å²) in [6.07, 6.45) is 1.70. The molecule has 0 aliphatic carbocycles. The van der Waals surface area contributed by atoms with Gasteiger partial charge in [-0.3, -0.25) is 4.79 Å². The van der Waals surface area contributed by atoms with Crippen molar-refractivity contribution in [2.75, 3.05) is 27.4 Å². The van der Waals surface area contributed by atoms with E-state index >= 15 is 0 Å². The van der Waals surface area contributed by atoms with Crippen LogP contribution < -0.4 is 13.7 Å². The lowest BCUT2D eigenvalue weighted by molar-refractivity contribution is 0.0507. The molecule has 1 heterocycles. The molecule has 0 saturated carbocycles. The number of carbonyl (C=O) groups excluding carboxylic acids is 1. The quantitative estimate of drug-likeness (QED) is 0.333. The fourth-order valence-corrected chi connectivity index (χ4v) is 5.22. The van der Waals surface area contributed by atoms with Crippen LogP contribution in [-0.2, 0) is 21.4 Å². The maximum absolute atomic E-state index is 13.5. The van der Waals surface area contributed by atoms with Crippen molar-refractivity contribution < 1.29 is 31.6 Å². The Morgan fingerprint density at radius 3 is 2.43 bits per heavy atom. The monoisotopic (exact) mass is 545 g/mol. The number of benzene rings is 3. The van der Waals surface area contributed by atoms with Crippen LogP contribution in [0.3, 0.4) is 0 Å². The average molecular weight is 546 g/mol. The van der Waals surface area contributed by atoms with Gasteiger partial charge in [-0.05, 0) is 66.9 Å². The number of methoxy groups -OCH3 is 2. The van der Waals surface area contributed by atoms with E-state index in [1.54, 1.807) is 47.4 Å². The predicted molar refractivity (Wildman–Crippen MR) is 139 cm³/mol. The van der Waals surface area contributed by atoms with E-state index in [4.69, 9.17) is 30.0 Å². The highest BCUT2D eigenvalue weighted by molar-refractivity contribution is 7.87. The molecule has 1 aliphatic rings. The highest BCUT2D eigenvalue weighted by Crippen LogP contribution is 2.32. The molecule has 3 aromatic rings. The van der Waals surface area contributed by atoms with Crippen LogP contribution in [0.2, 0.25) is 5.02 Å². The molecular weight excluding hydrogens is 518 g/mol. The molecule has 1 fully saturated rings. The van der Waals surface area contributed by atoms with Crippen LogP contribution in [0.1, 0.15) is 28.8 Å². The first-order valence-corrected chi connectivity index (χ1v) is 13.5. The summed E-state index contributed by atoms with van der Waals surface area (Å²) < 4.78 is 47.6. The van der Waals surface area contributed by atoms with E-state index in [9.17, 15) is 13.2 Å². The lowest BCUT2D eigenvalue weighted by Crippen LogP contribution is -2.37. The standard InChI is InChI=1S/C27H28ClNO7S/c1-33-20-10-12-22(13-11-20)37(31,32)36-26-16-19(9-14-25(26)34-2)17-29(18-21-6-5-15-35-21)27(30)23-7-3-4-8-24(23)28/h3-4,7-14,16,21H,5-6,15,17-18H2,1-2H3/t21-/m1/s1. The minimum absolute atomic E-state index is 0.0121. The zero-order valence-corrected chi connectivity index (χ0v) is 22.1. The van der Waals surface area contributed by atoms with Gasteiger partial charge >= 0.3 is 10.1 Å². The van der Waals surface area contributed by atoms with Gasteiger partial charge in [-0.25, -0.2) is 0 Å². The first kappa shape index (κ1) is 26.8. The molecule has 1 atom stereocenters. The van der Waals surface area contributed by atoms with E-state index < -0.39 is 10.1 Å². The van der Waals surface area contributed by atoms with Crippen molar-refractivity contribution in [1.29, 1.82) is 0 Å². The van der Waals surface area contributed by atoms with Crippen LogP contribution in [0.15, 0.2) is 71.6 Å². The first-order chi connectivity index (χ1) is 17.8. The van der Waals surface area contributed by atoms with Gasteiger partial charge < -0.3 is 23.3 Å². The van der Waals surface area contributed by atoms with Crippen LogP contribution in [0.4, 0.5) is 0 Å². The molecule has 1 aliphatic heterocycles. The topological polar surface area (TPSA) is 91.4 Å². The van der Waals surface area contributed by atoms with Gasteiger partial charge in [-0.2, -0.15) is 8.42 Å². The summed E-state index contributed by atoms with van der Waals surface area (Å²) in [4.78, 5) is 15.1. The van der Waals surface area contributed by atoms with Gasteiger partial charge in [0.05, 0.1) is 30.9 Å². The Hall–Kier alpha value is -3.27. The van der Waals surface area contributed by atoms with Crippen molar-refractivity contribution in [1.82, 2.24) is 4.90 Å². The summed E-state index contributed by atoms with van der Waals surface area (Å²) >= 11 is 6.31. The third-order valence-electron chi connectivity index (χ3n) is 5.99. The van der Waals surface area contributed by atoms with E-state index in [0.29, 0.717) is 35.1 Å². The summed E-state index contributed by atoms with van der Waals surface area (Å²) in [5.41, 5.74) is 1.04. The Kier molecular flexibility index (Phi) is 8.58. The molecule has 3 aromatic carbocycles. The molecule has 4 rings (SSSR count). The summed E-state index contributed by atoms with van der Waals surface area (Å²) in [5, 5.41) is 0.356. The maximum Gasteiger partial charge on any atom is 0.339 e. The fourth-order valence-electron chi connectivity index (χ4n) is 4.07. The normalized spacial score (nSPS) is 15.3.